The fourth-order valence-electron chi connectivity index (χ4n) is 1.48. The van der Waals surface area contributed by atoms with Gasteiger partial charge in [-0.15, -0.1) is 13.2 Å². The van der Waals surface area contributed by atoms with Gasteiger partial charge in [0.15, 0.2) is 0 Å². The van der Waals surface area contributed by atoms with E-state index < -0.39 is 23.3 Å². The quantitative estimate of drug-likeness (QED) is 0.416. The van der Waals surface area contributed by atoms with Crippen molar-refractivity contribution in [2.75, 3.05) is 0 Å². The smallest absolute Gasteiger partial charge is 0.861 e. The van der Waals surface area contributed by atoms with Gasteiger partial charge in [0.2, 0.25) is 5.91 Å². The fourth-order valence-corrected chi connectivity index (χ4v) is 1.48. The van der Waals surface area contributed by atoms with Crippen molar-refractivity contribution >= 4 is 17.8 Å². The van der Waals surface area contributed by atoms with Crippen molar-refractivity contribution in [3.05, 3.63) is 25.3 Å². The number of hydrogen-bond acceptors (Lipinski definition) is 3. The minimum atomic E-state index is -1.34. The first-order valence-corrected chi connectivity index (χ1v) is 4.40. The van der Waals surface area contributed by atoms with E-state index in [9.17, 15) is 14.7 Å². The van der Waals surface area contributed by atoms with E-state index in [0.29, 0.717) is 0 Å². The molecule has 1 N–H and O–H groups in total. The molecule has 0 aromatic carbocycles. The van der Waals surface area contributed by atoms with Crippen molar-refractivity contribution in [2.24, 2.45) is 10.4 Å². The van der Waals surface area contributed by atoms with E-state index in [4.69, 9.17) is 0 Å². The number of rotatable bonds is 4. The number of imide groups is 1. The second-order valence-electron chi connectivity index (χ2n) is 3.24. The Labute approximate surface area is 116 Å². The maximum absolute atomic E-state index is 11.6. The summed E-state index contributed by atoms with van der Waals surface area (Å²) >= 11 is 0. The third kappa shape index (κ3) is 2.61. The first-order valence-electron chi connectivity index (χ1n) is 4.40. The summed E-state index contributed by atoms with van der Waals surface area (Å²) in [6.07, 6.45) is 3.18. The van der Waals surface area contributed by atoms with Crippen molar-refractivity contribution < 1.29 is 44.3 Å². The molecule has 6 heteroatoms. The van der Waals surface area contributed by atoms with Gasteiger partial charge in [0.1, 0.15) is 0 Å². The zero-order chi connectivity index (χ0) is 11.5. The molecule has 1 aliphatic heterocycles. The summed E-state index contributed by atoms with van der Waals surface area (Å²) in [4.78, 5) is 25.6. The molecule has 1 aliphatic rings. The van der Waals surface area contributed by atoms with Gasteiger partial charge in [-0.2, -0.15) is 0 Å². The van der Waals surface area contributed by atoms with E-state index in [-0.39, 0.29) is 42.4 Å². The van der Waals surface area contributed by atoms with Gasteiger partial charge in [-0.25, -0.2) is 9.79 Å². The predicted molar refractivity (Wildman–Crippen MR) is 53.0 cm³/mol. The van der Waals surface area contributed by atoms with E-state index in [0.717, 1.165) is 0 Å². The molecular weight excluding hydrogens is 219 g/mol. The Kier molecular flexibility index (Phi) is 5.64. The number of urea groups is 1. The maximum atomic E-state index is 11.6. The average molecular weight is 230 g/mol. The van der Waals surface area contributed by atoms with Crippen LogP contribution in [-0.4, -0.2) is 17.8 Å². The van der Waals surface area contributed by atoms with Gasteiger partial charge in [0.25, 0.3) is 0 Å². The maximum Gasteiger partial charge on any atom is 1.00 e. The van der Waals surface area contributed by atoms with Crippen molar-refractivity contribution in [1.82, 2.24) is 5.32 Å². The minimum absolute atomic E-state index is 0. The molecule has 3 amide bonds. The SMILES string of the molecule is C=CCC1(CC=C)C(=O)NC(=O)N=C1[O-].[Na+]. The van der Waals surface area contributed by atoms with Crippen LogP contribution in [0, 0.1) is 5.41 Å². The molecule has 0 spiro atoms. The van der Waals surface area contributed by atoms with Crippen LogP contribution >= 0.6 is 0 Å². The molecule has 1 rings (SSSR count). The van der Waals surface area contributed by atoms with E-state index in [1.54, 1.807) is 0 Å². The molecular formula is C10H11N2NaO3. The number of hydrogen-bond donors (Lipinski definition) is 1. The molecule has 0 radical (unpaired) electrons. The summed E-state index contributed by atoms with van der Waals surface area (Å²) in [6.45, 7) is 6.95. The van der Waals surface area contributed by atoms with Crippen LogP contribution in [0.2, 0.25) is 0 Å². The number of aliphatic imine (C=N–C) groups is 1. The molecule has 0 atom stereocenters. The molecule has 0 aromatic heterocycles. The molecule has 1 heterocycles. The number of allylic oxidation sites excluding steroid dienone is 2. The Balaban J connectivity index is 0.00000225. The summed E-state index contributed by atoms with van der Waals surface area (Å²) < 4.78 is 0. The molecule has 0 saturated heterocycles. The molecule has 0 unspecified atom stereocenters. The van der Waals surface area contributed by atoms with E-state index in [1.807, 2.05) is 5.32 Å². The van der Waals surface area contributed by atoms with Crippen LogP contribution in [0.1, 0.15) is 12.8 Å². The monoisotopic (exact) mass is 230 g/mol. The number of nitrogens with zero attached hydrogens (tertiary/aromatic N) is 1. The largest absolute Gasteiger partial charge is 1.00 e. The fraction of sp³-hybridized carbons (Fsp3) is 0.300. The summed E-state index contributed by atoms with van der Waals surface area (Å²) in [5.41, 5.74) is -1.34. The van der Waals surface area contributed by atoms with Gasteiger partial charge >= 0.3 is 35.6 Å². The number of amides is 3. The van der Waals surface area contributed by atoms with Gasteiger partial charge < -0.3 is 5.11 Å². The molecule has 16 heavy (non-hydrogen) atoms. The number of nitrogens with one attached hydrogen (secondary N) is 1. The van der Waals surface area contributed by atoms with Crippen LogP contribution in [0.3, 0.4) is 0 Å². The van der Waals surface area contributed by atoms with E-state index in [1.165, 1.54) is 12.2 Å². The van der Waals surface area contributed by atoms with Gasteiger partial charge in [-0.05, 0) is 18.7 Å². The Hall–Kier alpha value is -0.910. The Morgan fingerprint density at radius 3 is 2.19 bits per heavy atom. The zero-order valence-corrected chi connectivity index (χ0v) is 11.2. The number of carbonyl (C=O) groups excluding carboxylic acids is 2. The first-order chi connectivity index (χ1) is 7.06. The molecule has 0 aliphatic carbocycles. The average Bonchev–Trinajstić information content (AvgIpc) is 2.14. The topological polar surface area (TPSA) is 81.6 Å². The standard InChI is InChI=1S/C10H12N2O3.Na/c1-3-5-10(6-4-2)7(13)11-9(15)12-8(10)14;/h3-4H,1-2,5-6H2,(H2,11,12,13,14,15);/q;+1/p-1. The Morgan fingerprint density at radius 2 is 1.81 bits per heavy atom. The summed E-state index contributed by atoms with van der Waals surface area (Å²) in [5, 5.41) is 13.6. The van der Waals surface area contributed by atoms with Crippen LogP contribution in [0.15, 0.2) is 30.3 Å². The zero-order valence-electron chi connectivity index (χ0n) is 9.16. The van der Waals surface area contributed by atoms with Crippen molar-refractivity contribution in [1.29, 1.82) is 0 Å². The molecule has 0 bridgehead atoms. The summed E-state index contributed by atoms with van der Waals surface area (Å²) in [5.74, 6) is -1.36. The first kappa shape index (κ1) is 15.1. The predicted octanol–water partition coefficient (Wildman–Crippen LogP) is -2.86. The van der Waals surface area contributed by atoms with Gasteiger partial charge in [-0.3, -0.25) is 10.1 Å². The third-order valence-electron chi connectivity index (χ3n) is 2.25. The Morgan fingerprint density at radius 1 is 1.31 bits per heavy atom. The van der Waals surface area contributed by atoms with Gasteiger partial charge in [0, 0.05) is 0 Å². The Bertz CT molecular complexity index is 353. The van der Waals surface area contributed by atoms with Gasteiger partial charge in [0.05, 0.1) is 5.41 Å². The van der Waals surface area contributed by atoms with Crippen molar-refractivity contribution in [2.45, 2.75) is 12.8 Å². The minimum Gasteiger partial charge on any atom is -0.861 e. The molecule has 0 fully saturated rings. The molecule has 0 aromatic rings. The summed E-state index contributed by atoms with van der Waals surface area (Å²) in [7, 11) is 0. The normalized spacial score (nSPS) is 17.9. The third-order valence-corrected chi connectivity index (χ3v) is 2.25. The van der Waals surface area contributed by atoms with E-state index in [2.05, 4.69) is 18.2 Å². The molecule has 0 saturated carbocycles. The van der Waals surface area contributed by atoms with Crippen molar-refractivity contribution in [3.63, 3.8) is 0 Å². The van der Waals surface area contributed by atoms with Crippen molar-refractivity contribution in [3.8, 4) is 0 Å². The van der Waals surface area contributed by atoms with Crippen LogP contribution in [-0.2, 0) is 4.79 Å². The summed E-state index contributed by atoms with van der Waals surface area (Å²) in [6, 6.07) is -0.909. The van der Waals surface area contributed by atoms with Crippen LogP contribution in [0.4, 0.5) is 4.79 Å². The van der Waals surface area contributed by atoms with Crippen LogP contribution in [0.5, 0.6) is 0 Å². The van der Waals surface area contributed by atoms with Crippen LogP contribution in [0.25, 0.3) is 0 Å². The second kappa shape index (κ2) is 5.98. The van der Waals surface area contributed by atoms with Crippen LogP contribution < -0.4 is 40.0 Å². The second-order valence-corrected chi connectivity index (χ2v) is 3.24. The van der Waals surface area contributed by atoms with E-state index >= 15 is 0 Å². The molecule has 80 valence electrons. The molecule has 5 nitrogen and oxygen atoms in total. The number of carbonyl (C=O) groups is 2. The van der Waals surface area contributed by atoms with Gasteiger partial charge in [-0.1, -0.05) is 12.2 Å².